The second-order valence-corrected chi connectivity index (χ2v) is 4.55. The summed E-state index contributed by atoms with van der Waals surface area (Å²) in [6, 6.07) is 13.8. The van der Waals surface area contributed by atoms with E-state index in [1.165, 1.54) is 0 Å². The molecule has 2 aromatic rings. The van der Waals surface area contributed by atoms with Crippen molar-refractivity contribution in [3.8, 4) is 5.75 Å². The van der Waals surface area contributed by atoms with Crippen LogP contribution in [0, 0.1) is 0 Å². The Kier molecular flexibility index (Phi) is 4.25. The van der Waals surface area contributed by atoms with Crippen molar-refractivity contribution in [1.29, 1.82) is 0 Å². The van der Waals surface area contributed by atoms with Gasteiger partial charge in [0.1, 0.15) is 5.75 Å². The standard InChI is InChI=1S/C16H17NO3/c1-2-14(11-7-9-12(18)10-8-11)17-15-6-4-3-5-13(15)16(19)20/h3-10,14,17-18H,2H2,1H3,(H,19,20). The quantitative estimate of drug-likeness (QED) is 0.776. The van der Waals surface area contributed by atoms with Gasteiger partial charge in [-0.05, 0) is 36.2 Å². The van der Waals surface area contributed by atoms with E-state index in [0.717, 1.165) is 12.0 Å². The SMILES string of the molecule is CCC(Nc1ccccc1C(=O)O)c1ccc(O)cc1. The minimum absolute atomic E-state index is 0.00361. The van der Waals surface area contributed by atoms with Crippen LogP contribution in [0.5, 0.6) is 5.75 Å². The van der Waals surface area contributed by atoms with Gasteiger partial charge < -0.3 is 15.5 Å². The van der Waals surface area contributed by atoms with Crippen molar-refractivity contribution in [2.45, 2.75) is 19.4 Å². The number of carboxylic acids is 1. The number of rotatable bonds is 5. The van der Waals surface area contributed by atoms with Crippen molar-refractivity contribution in [2.24, 2.45) is 0 Å². The normalized spacial score (nSPS) is 11.8. The molecular formula is C16H17NO3. The molecule has 0 saturated carbocycles. The molecule has 3 N–H and O–H groups in total. The number of phenols is 1. The average molecular weight is 271 g/mol. The number of benzene rings is 2. The molecule has 2 aromatic carbocycles. The highest BCUT2D eigenvalue weighted by molar-refractivity contribution is 5.94. The Morgan fingerprint density at radius 2 is 1.80 bits per heavy atom. The van der Waals surface area contributed by atoms with Crippen LogP contribution in [0.25, 0.3) is 0 Å². The molecule has 0 heterocycles. The van der Waals surface area contributed by atoms with Crippen LogP contribution in [0.3, 0.4) is 0 Å². The first-order valence-corrected chi connectivity index (χ1v) is 6.49. The van der Waals surface area contributed by atoms with Crippen LogP contribution in [0.15, 0.2) is 48.5 Å². The summed E-state index contributed by atoms with van der Waals surface area (Å²) in [6.45, 7) is 2.02. The number of phenolic OH excluding ortho intramolecular Hbond substituents is 1. The van der Waals surface area contributed by atoms with E-state index in [2.05, 4.69) is 5.32 Å². The van der Waals surface area contributed by atoms with E-state index < -0.39 is 5.97 Å². The average Bonchev–Trinajstić information content (AvgIpc) is 2.46. The van der Waals surface area contributed by atoms with Gasteiger partial charge in [0.2, 0.25) is 0 Å². The molecule has 0 aliphatic rings. The number of nitrogens with one attached hydrogen (secondary N) is 1. The highest BCUT2D eigenvalue weighted by atomic mass is 16.4. The van der Waals surface area contributed by atoms with Gasteiger partial charge in [0.05, 0.1) is 11.6 Å². The molecule has 104 valence electrons. The molecule has 0 aromatic heterocycles. The van der Waals surface area contributed by atoms with E-state index in [1.807, 2.05) is 19.1 Å². The highest BCUT2D eigenvalue weighted by Crippen LogP contribution is 2.26. The minimum atomic E-state index is -0.950. The first-order chi connectivity index (χ1) is 9.61. The predicted molar refractivity (Wildman–Crippen MR) is 78.2 cm³/mol. The number of aromatic hydroxyl groups is 1. The molecule has 4 heteroatoms. The van der Waals surface area contributed by atoms with Crippen molar-refractivity contribution in [1.82, 2.24) is 0 Å². The number of hydrogen-bond donors (Lipinski definition) is 3. The van der Waals surface area contributed by atoms with Gasteiger partial charge in [-0.1, -0.05) is 31.2 Å². The largest absolute Gasteiger partial charge is 0.508 e. The van der Waals surface area contributed by atoms with Gasteiger partial charge in [0, 0.05) is 5.69 Å². The maximum Gasteiger partial charge on any atom is 0.337 e. The number of hydrogen-bond acceptors (Lipinski definition) is 3. The van der Waals surface area contributed by atoms with Crippen molar-refractivity contribution >= 4 is 11.7 Å². The molecule has 0 radical (unpaired) electrons. The van der Waals surface area contributed by atoms with E-state index in [-0.39, 0.29) is 17.4 Å². The fourth-order valence-electron chi connectivity index (χ4n) is 2.11. The topological polar surface area (TPSA) is 69.6 Å². The first-order valence-electron chi connectivity index (χ1n) is 6.49. The third-order valence-electron chi connectivity index (χ3n) is 3.19. The molecule has 0 spiro atoms. The van der Waals surface area contributed by atoms with E-state index in [1.54, 1.807) is 36.4 Å². The maximum absolute atomic E-state index is 11.2. The summed E-state index contributed by atoms with van der Waals surface area (Å²) in [5.41, 5.74) is 1.86. The Balaban J connectivity index is 2.27. The Morgan fingerprint density at radius 3 is 2.40 bits per heavy atom. The number of para-hydroxylation sites is 1. The zero-order valence-corrected chi connectivity index (χ0v) is 11.2. The second kappa shape index (κ2) is 6.10. The molecule has 0 aliphatic heterocycles. The van der Waals surface area contributed by atoms with Crippen molar-refractivity contribution in [2.75, 3.05) is 5.32 Å². The van der Waals surface area contributed by atoms with Gasteiger partial charge >= 0.3 is 5.97 Å². The number of anilines is 1. The third-order valence-corrected chi connectivity index (χ3v) is 3.19. The Hall–Kier alpha value is -2.49. The van der Waals surface area contributed by atoms with Gasteiger partial charge in [-0.2, -0.15) is 0 Å². The van der Waals surface area contributed by atoms with Gasteiger partial charge in [-0.3, -0.25) is 0 Å². The van der Waals surface area contributed by atoms with Crippen LogP contribution in [-0.4, -0.2) is 16.2 Å². The molecule has 0 bridgehead atoms. The molecule has 1 atom stereocenters. The van der Waals surface area contributed by atoms with Gasteiger partial charge in [-0.15, -0.1) is 0 Å². The highest BCUT2D eigenvalue weighted by Gasteiger charge is 2.14. The fraction of sp³-hybridized carbons (Fsp3) is 0.188. The zero-order valence-electron chi connectivity index (χ0n) is 11.2. The van der Waals surface area contributed by atoms with Crippen LogP contribution in [0.2, 0.25) is 0 Å². The van der Waals surface area contributed by atoms with Gasteiger partial charge in [-0.25, -0.2) is 4.79 Å². The molecule has 0 aliphatic carbocycles. The van der Waals surface area contributed by atoms with E-state index in [4.69, 9.17) is 0 Å². The lowest BCUT2D eigenvalue weighted by Gasteiger charge is -2.20. The smallest absolute Gasteiger partial charge is 0.337 e. The van der Waals surface area contributed by atoms with Crippen LogP contribution in [0.4, 0.5) is 5.69 Å². The minimum Gasteiger partial charge on any atom is -0.508 e. The lowest BCUT2D eigenvalue weighted by atomic mass is 10.0. The van der Waals surface area contributed by atoms with Gasteiger partial charge in [0.15, 0.2) is 0 Å². The molecule has 2 rings (SSSR count). The maximum atomic E-state index is 11.2. The fourth-order valence-corrected chi connectivity index (χ4v) is 2.11. The lowest BCUT2D eigenvalue weighted by molar-refractivity contribution is 0.0698. The molecule has 0 fully saturated rings. The first kappa shape index (κ1) is 13.9. The zero-order chi connectivity index (χ0) is 14.5. The number of aromatic carboxylic acids is 1. The van der Waals surface area contributed by atoms with Crippen LogP contribution in [0.1, 0.15) is 35.3 Å². The van der Waals surface area contributed by atoms with Crippen molar-refractivity contribution in [3.63, 3.8) is 0 Å². The lowest BCUT2D eigenvalue weighted by Crippen LogP contribution is -2.12. The van der Waals surface area contributed by atoms with Gasteiger partial charge in [0.25, 0.3) is 0 Å². The Bertz CT molecular complexity index is 593. The summed E-state index contributed by atoms with van der Waals surface area (Å²) in [5, 5.41) is 21.8. The van der Waals surface area contributed by atoms with Crippen molar-refractivity contribution in [3.05, 3.63) is 59.7 Å². The van der Waals surface area contributed by atoms with E-state index in [0.29, 0.717) is 5.69 Å². The van der Waals surface area contributed by atoms with Crippen LogP contribution in [-0.2, 0) is 0 Å². The monoisotopic (exact) mass is 271 g/mol. The summed E-state index contributed by atoms with van der Waals surface area (Å²) in [4.78, 5) is 11.2. The van der Waals surface area contributed by atoms with E-state index in [9.17, 15) is 15.0 Å². The van der Waals surface area contributed by atoms with Crippen LogP contribution >= 0.6 is 0 Å². The molecule has 0 saturated heterocycles. The second-order valence-electron chi connectivity index (χ2n) is 4.55. The number of carbonyl (C=O) groups is 1. The van der Waals surface area contributed by atoms with Crippen LogP contribution < -0.4 is 5.32 Å². The molecule has 4 nitrogen and oxygen atoms in total. The summed E-state index contributed by atoms with van der Waals surface area (Å²) in [7, 11) is 0. The summed E-state index contributed by atoms with van der Waals surface area (Å²) < 4.78 is 0. The predicted octanol–water partition coefficient (Wildman–Crippen LogP) is 3.65. The summed E-state index contributed by atoms with van der Waals surface area (Å²) in [5.74, 6) is -0.733. The summed E-state index contributed by atoms with van der Waals surface area (Å²) in [6.07, 6.45) is 0.804. The molecule has 1 unspecified atom stereocenters. The van der Waals surface area contributed by atoms with Crippen molar-refractivity contribution < 1.29 is 15.0 Å². The Labute approximate surface area is 117 Å². The molecule has 0 amide bonds. The third kappa shape index (κ3) is 3.09. The van der Waals surface area contributed by atoms with E-state index >= 15 is 0 Å². The number of carboxylic acid groups (broad SMARTS) is 1. The molecular weight excluding hydrogens is 254 g/mol. The Morgan fingerprint density at radius 1 is 1.15 bits per heavy atom. The molecule has 20 heavy (non-hydrogen) atoms. The summed E-state index contributed by atoms with van der Waals surface area (Å²) >= 11 is 0.